The van der Waals surface area contributed by atoms with Crippen molar-refractivity contribution in [1.29, 1.82) is 0 Å². The monoisotopic (exact) mass is 618 g/mol. The predicted molar refractivity (Wildman–Crippen MR) is 175 cm³/mol. The lowest BCUT2D eigenvalue weighted by atomic mass is 10.1. The third kappa shape index (κ3) is 7.41. The number of aromatic nitrogens is 2. The number of nitrogens with one attached hydrogen (secondary N) is 1. The van der Waals surface area contributed by atoms with Crippen LogP contribution in [0.1, 0.15) is 83.4 Å². The molecule has 2 aliphatic rings. The minimum absolute atomic E-state index is 0.0806. The second-order valence-electron chi connectivity index (χ2n) is 14.1. The molecule has 0 saturated carbocycles. The van der Waals surface area contributed by atoms with Crippen LogP contribution >= 0.6 is 0 Å². The number of likely N-dealkylation sites (tertiary alicyclic amines) is 1. The van der Waals surface area contributed by atoms with Crippen LogP contribution in [0.4, 0.5) is 21.1 Å². The number of carbonyl (C=O) groups is 3. The van der Waals surface area contributed by atoms with Crippen LogP contribution < -0.4 is 10.2 Å². The van der Waals surface area contributed by atoms with Crippen LogP contribution in [0.3, 0.4) is 0 Å². The third-order valence-corrected chi connectivity index (χ3v) is 8.13. The molecule has 11 heteroatoms. The summed E-state index contributed by atoms with van der Waals surface area (Å²) >= 11 is 0. The molecule has 11 nitrogen and oxygen atoms in total. The van der Waals surface area contributed by atoms with Gasteiger partial charge in [0.05, 0.1) is 11.6 Å². The fourth-order valence-electron chi connectivity index (χ4n) is 6.06. The van der Waals surface area contributed by atoms with Gasteiger partial charge in [-0.1, -0.05) is 0 Å². The zero-order valence-electron chi connectivity index (χ0n) is 27.7. The molecule has 2 fully saturated rings. The number of carbonyl (C=O) groups excluding carboxylic acids is 3. The van der Waals surface area contributed by atoms with Crippen molar-refractivity contribution in [3.8, 4) is 0 Å². The van der Waals surface area contributed by atoms with Crippen LogP contribution in [0.25, 0.3) is 10.9 Å². The average Bonchev–Trinajstić information content (AvgIpc) is 3.54. The van der Waals surface area contributed by atoms with E-state index in [9.17, 15) is 14.4 Å². The van der Waals surface area contributed by atoms with Crippen molar-refractivity contribution in [3.63, 3.8) is 0 Å². The van der Waals surface area contributed by atoms with Gasteiger partial charge in [-0.2, -0.15) is 0 Å². The summed E-state index contributed by atoms with van der Waals surface area (Å²) in [4.78, 5) is 50.0. The van der Waals surface area contributed by atoms with Gasteiger partial charge in [-0.3, -0.25) is 9.69 Å². The first-order valence-corrected chi connectivity index (χ1v) is 15.7. The second-order valence-corrected chi connectivity index (χ2v) is 14.1. The Morgan fingerprint density at radius 1 is 0.911 bits per heavy atom. The van der Waals surface area contributed by atoms with Gasteiger partial charge in [-0.05, 0) is 105 Å². The highest BCUT2D eigenvalue weighted by Crippen LogP contribution is 2.35. The van der Waals surface area contributed by atoms with E-state index in [1.165, 1.54) is 0 Å². The quantitative estimate of drug-likeness (QED) is 0.364. The summed E-state index contributed by atoms with van der Waals surface area (Å²) in [5, 5.41) is 3.70. The van der Waals surface area contributed by atoms with Gasteiger partial charge in [0.1, 0.15) is 17.0 Å². The molecule has 0 radical (unpaired) electrons. The first-order valence-electron chi connectivity index (χ1n) is 15.7. The van der Waals surface area contributed by atoms with Crippen LogP contribution in [0.5, 0.6) is 0 Å². The molecule has 5 rings (SSSR count). The van der Waals surface area contributed by atoms with Crippen molar-refractivity contribution in [3.05, 3.63) is 53.9 Å². The summed E-state index contributed by atoms with van der Waals surface area (Å²) < 4.78 is 13.0. The van der Waals surface area contributed by atoms with E-state index in [0.29, 0.717) is 36.5 Å². The number of nitrogens with zero attached hydrogens (tertiary/aromatic N) is 5. The van der Waals surface area contributed by atoms with Crippen molar-refractivity contribution in [2.45, 2.75) is 84.6 Å². The molecule has 0 bridgehead atoms. The van der Waals surface area contributed by atoms with E-state index in [1.807, 2.05) is 59.7 Å². The fraction of sp³-hybridized carbons (Fsp3) is 0.529. The molecule has 0 aliphatic carbocycles. The summed E-state index contributed by atoms with van der Waals surface area (Å²) in [6, 6.07) is 11.3. The first-order chi connectivity index (χ1) is 21.1. The van der Waals surface area contributed by atoms with Gasteiger partial charge in [0.15, 0.2) is 0 Å². The van der Waals surface area contributed by atoms with Crippen LogP contribution in [0.15, 0.2) is 42.6 Å². The van der Waals surface area contributed by atoms with Crippen LogP contribution in [-0.2, 0) is 9.47 Å². The van der Waals surface area contributed by atoms with Crippen molar-refractivity contribution in [2.24, 2.45) is 0 Å². The summed E-state index contributed by atoms with van der Waals surface area (Å²) in [6.07, 6.45) is 2.93. The Morgan fingerprint density at radius 3 is 2.18 bits per heavy atom. The summed E-state index contributed by atoms with van der Waals surface area (Å²) in [5.74, 6) is 0.0417. The van der Waals surface area contributed by atoms with Crippen LogP contribution in [0.2, 0.25) is 0 Å². The number of amides is 2. The molecule has 2 unspecified atom stereocenters. The van der Waals surface area contributed by atoms with Gasteiger partial charge in [0.25, 0.3) is 5.91 Å². The molecule has 2 aliphatic heterocycles. The number of ether oxygens (including phenoxy) is 2. The highest BCUT2D eigenvalue weighted by Gasteiger charge is 2.32. The predicted octanol–water partition coefficient (Wildman–Crippen LogP) is 6.28. The Balaban J connectivity index is 1.31. The molecule has 2 aromatic heterocycles. The zero-order valence-corrected chi connectivity index (χ0v) is 27.7. The van der Waals surface area contributed by atoms with Crippen molar-refractivity contribution in [1.82, 2.24) is 19.4 Å². The molecule has 2 amide bonds. The lowest BCUT2D eigenvalue weighted by Gasteiger charge is -2.41. The molecule has 4 heterocycles. The Hall–Kier alpha value is -4.12. The second kappa shape index (κ2) is 12.3. The van der Waals surface area contributed by atoms with Crippen LogP contribution in [-0.4, -0.2) is 87.9 Å². The number of benzene rings is 1. The highest BCUT2D eigenvalue weighted by atomic mass is 16.6. The number of pyridine rings is 1. The molecule has 242 valence electrons. The van der Waals surface area contributed by atoms with Crippen LogP contribution in [0, 0.1) is 0 Å². The molecule has 1 aromatic carbocycles. The summed E-state index contributed by atoms with van der Waals surface area (Å²) in [5.41, 5.74) is 1.76. The molecule has 2 atom stereocenters. The van der Waals surface area contributed by atoms with Gasteiger partial charge < -0.3 is 24.6 Å². The Labute approximate surface area is 265 Å². The van der Waals surface area contributed by atoms with Gasteiger partial charge in [-0.25, -0.2) is 19.1 Å². The smallest absolute Gasteiger partial charge is 0.419 e. The zero-order chi connectivity index (χ0) is 32.7. The molecule has 45 heavy (non-hydrogen) atoms. The molecular formula is C34H46N6O5. The van der Waals surface area contributed by atoms with E-state index in [0.717, 1.165) is 36.2 Å². The van der Waals surface area contributed by atoms with Gasteiger partial charge in [0, 0.05) is 60.3 Å². The Bertz CT molecular complexity index is 1570. The number of piperazine rings is 1. The number of hydrogen-bond acceptors (Lipinski definition) is 8. The normalized spacial score (nSPS) is 19.6. The lowest BCUT2D eigenvalue weighted by molar-refractivity contribution is 0.0218. The maximum atomic E-state index is 13.5. The Morgan fingerprint density at radius 2 is 1.58 bits per heavy atom. The maximum Gasteiger partial charge on any atom is 0.419 e. The topological polar surface area (TPSA) is 109 Å². The fourth-order valence-corrected chi connectivity index (χ4v) is 6.06. The van der Waals surface area contributed by atoms with Crippen molar-refractivity contribution < 1.29 is 23.9 Å². The van der Waals surface area contributed by atoms with E-state index in [4.69, 9.17) is 9.47 Å². The number of rotatable bonds is 4. The number of hydrogen-bond donors (Lipinski definition) is 1. The maximum absolute atomic E-state index is 13.5. The van der Waals surface area contributed by atoms with Gasteiger partial charge >= 0.3 is 12.2 Å². The van der Waals surface area contributed by atoms with E-state index >= 15 is 0 Å². The third-order valence-electron chi connectivity index (χ3n) is 8.13. The van der Waals surface area contributed by atoms with E-state index in [-0.39, 0.29) is 24.1 Å². The SMILES string of the molecule is CC1CN(C(=O)OC(C)(C)C)CCN1c1ccc(C(=O)Nc2cc3c(cn2)cc(C2CCCN2C)n3C(=O)OC(C)(C)C)cc1. The molecule has 3 aromatic rings. The van der Waals surface area contributed by atoms with Crippen molar-refractivity contribution in [2.75, 3.05) is 43.4 Å². The van der Waals surface area contributed by atoms with E-state index in [2.05, 4.69) is 34.1 Å². The highest BCUT2D eigenvalue weighted by molar-refractivity contribution is 6.05. The average molecular weight is 619 g/mol. The summed E-state index contributed by atoms with van der Waals surface area (Å²) in [6.45, 7) is 15.9. The first kappa shape index (κ1) is 32.3. The van der Waals surface area contributed by atoms with Gasteiger partial charge in [0.2, 0.25) is 0 Å². The molecule has 1 N–H and O–H groups in total. The molecule has 0 spiro atoms. The lowest BCUT2D eigenvalue weighted by Crippen LogP contribution is -2.54. The van der Waals surface area contributed by atoms with Gasteiger partial charge in [-0.15, -0.1) is 0 Å². The summed E-state index contributed by atoms with van der Waals surface area (Å²) in [7, 11) is 2.06. The van der Waals surface area contributed by atoms with E-state index < -0.39 is 17.3 Å². The number of anilines is 2. The largest absolute Gasteiger partial charge is 0.444 e. The minimum Gasteiger partial charge on any atom is -0.444 e. The number of fused-ring (bicyclic) bond motifs is 1. The molecule has 2 saturated heterocycles. The molecular weight excluding hydrogens is 572 g/mol. The minimum atomic E-state index is -0.660. The van der Waals surface area contributed by atoms with Crippen molar-refractivity contribution >= 4 is 40.5 Å². The standard InChI is InChI=1S/C34H46N6O5/c1-22-21-38(31(42)44-33(2,3)4)16-17-39(22)25-13-11-23(12-14-25)30(41)36-29-19-27-24(20-35-29)18-28(26-10-9-15-37(26)8)40(27)32(43)45-34(5,6)7/h11-14,18-20,22,26H,9-10,15-17,21H2,1-8H3,(H,35,36,41). The van der Waals surface area contributed by atoms with E-state index in [1.54, 1.807) is 33.9 Å². The Kier molecular flexibility index (Phi) is 8.86.